The zero-order chi connectivity index (χ0) is 22.2. The fourth-order valence-corrected chi connectivity index (χ4v) is 5.57. The highest BCUT2D eigenvalue weighted by Gasteiger charge is 2.34. The molecule has 158 valence electrons. The molecule has 1 aromatic heterocycles. The van der Waals surface area contributed by atoms with Crippen LogP contribution in [-0.2, 0) is 21.2 Å². The summed E-state index contributed by atoms with van der Waals surface area (Å²) in [5, 5.41) is 10.0. The van der Waals surface area contributed by atoms with Crippen LogP contribution in [0.2, 0.25) is 10.0 Å². The number of halogens is 2. The third-order valence-corrected chi connectivity index (χ3v) is 7.43. The lowest BCUT2D eigenvalue weighted by Gasteiger charge is -2.12. The number of nitrogens with two attached hydrogens (primary N) is 1. The van der Waals surface area contributed by atoms with E-state index in [0.29, 0.717) is 16.3 Å². The first-order valence-electron chi connectivity index (χ1n) is 8.81. The summed E-state index contributed by atoms with van der Waals surface area (Å²) in [6, 6.07) is 19.6. The average Bonchev–Trinajstić information content (AvgIpc) is 3.18. The first kappa shape index (κ1) is 21.9. The number of nitrogens with zero attached hydrogens (tertiary/aromatic N) is 1. The lowest BCUT2D eigenvalue weighted by atomic mass is 10.0. The van der Waals surface area contributed by atoms with Crippen molar-refractivity contribution in [3.8, 4) is 22.4 Å². The molecule has 0 aliphatic rings. The van der Waals surface area contributed by atoms with Crippen LogP contribution < -0.4 is 5.14 Å². The van der Waals surface area contributed by atoms with Crippen LogP contribution in [-0.4, -0.2) is 18.1 Å². The van der Waals surface area contributed by atoms with Gasteiger partial charge in [-0.15, -0.1) is 0 Å². The highest BCUT2D eigenvalue weighted by molar-refractivity contribution is 7.91. The van der Waals surface area contributed by atoms with Gasteiger partial charge in [-0.05, 0) is 24.3 Å². The van der Waals surface area contributed by atoms with Crippen molar-refractivity contribution in [3.05, 3.63) is 82.8 Å². The van der Waals surface area contributed by atoms with Crippen LogP contribution in [0.4, 0.5) is 0 Å². The van der Waals surface area contributed by atoms with Crippen molar-refractivity contribution in [1.29, 1.82) is 0 Å². The quantitative estimate of drug-likeness (QED) is 0.388. The molecule has 0 saturated heterocycles. The van der Waals surface area contributed by atoms with Crippen LogP contribution in [0.25, 0.3) is 22.4 Å². The predicted molar refractivity (Wildman–Crippen MR) is 120 cm³/mol. The topological polar surface area (TPSA) is 109 Å². The lowest BCUT2D eigenvalue weighted by Crippen LogP contribution is -2.14. The van der Waals surface area contributed by atoms with Crippen molar-refractivity contribution < 1.29 is 17.5 Å². The third-order valence-electron chi connectivity index (χ3n) is 4.43. The molecule has 1 atom stereocenters. The predicted octanol–water partition coefficient (Wildman–Crippen LogP) is 5.13. The van der Waals surface area contributed by atoms with Gasteiger partial charge in [0.15, 0.2) is 4.90 Å². The van der Waals surface area contributed by atoms with Gasteiger partial charge in [0.25, 0.3) is 0 Å². The monoisotopic (exact) mass is 492 g/mol. The van der Waals surface area contributed by atoms with Crippen molar-refractivity contribution >= 4 is 44.4 Å². The van der Waals surface area contributed by atoms with Gasteiger partial charge in [0, 0.05) is 16.1 Å². The molecule has 0 spiro atoms. The molecular weight excluding hydrogens is 479 g/mol. The molecule has 2 N–H and O–H groups in total. The van der Waals surface area contributed by atoms with E-state index in [1.807, 2.05) is 6.07 Å². The van der Waals surface area contributed by atoms with E-state index in [-0.39, 0.29) is 31.0 Å². The Hall–Kier alpha value is -2.33. The molecule has 4 aromatic rings. The number of aromatic nitrogens is 1. The fraction of sp³-hybridized carbons (Fsp3) is 0. The second-order valence-corrected chi connectivity index (χ2v) is 10.2. The maximum atomic E-state index is 13.4. The maximum Gasteiger partial charge on any atom is 0.350 e. The molecule has 1 unspecified atom stereocenters. The Morgan fingerprint density at radius 2 is 1.65 bits per heavy atom. The first-order valence-corrected chi connectivity index (χ1v) is 12.3. The molecule has 3 aromatic carbocycles. The Morgan fingerprint density at radius 3 is 2.32 bits per heavy atom. The number of hydrogen-bond donors (Lipinski definition) is 1. The van der Waals surface area contributed by atoms with Gasteiger partial charge in [-0.3, -0.25) is 0 Å². The van der Waals surface area contributed by atoms with Crippen molar-refractivity contribution in [2.45, 2.75) is 14.9 Å². The molecule has 0 amide bonds. The van der Waals surface area contributed by atoms with Gasteiger partial charge in [0.05, 0.1) is 21.1 Å². The second-order valence-electron chi connectivity index (χ2n) is 6.44. The molecule has 0 fully saturated rings. The van der Waals surface area contributed by atoms with E-state index >= 15 is 0 Å². The third kappa shape index (κ3) is 4.36. The van der Waals surface area contributed by atoms with Gasteiger partial charge in [0.2, 0.25) is 10.0 Å². The Labute approximate surface area is 191 Å². The standard InChI is InChI=1S/C21H14Cl2N2O4S2/c22-14-10-11-17(16(23)12-14)30(26)21-19(15-8-4-5-9-18(15)31(24,27)28)20(25-29-21)13-6-2-1-3-7-13/h1-12H,(H2,24,27,28). The van der Waals surface area contributed by atoms with Crippen molar-refractivity contribution in [2.24, 2.45) is 5.14 Å². The summed E-state index contributed by atoms with van der Waals surface area (Å²) in [6.07, 6.45) is 0. The maximum absolute atomic E-state index is 13.4. The number of primary sulfonamides is 1. The van der Waals surface area contributed by atoms with Gasteiger partial charge in [-0.25, -0.2) is 13.6 Å². The number of sulfonamides is 1. The van der Waals surface area contributed by atoms with Gasteiger partial charge in [-0.2, -0.15) is 0 Å². The number of benzene rings is 3. The van der Waals surface area contributed by atoms with E-state index in [1.54, 1.807) is 48.5 Å². The summed E-state index contributed by atoms with van der Waals surface area (Å²) >= 11 is 10.3. The van der Waals surface area contributed by atoms with Crippen LogP contribution in [0, 0.1) is 0 Å². The number of hydrogen-bond acceptors (Lipinski definition) is 5. The highest BCUT2D eigenvalue weighted by Crippen LogP contribution is 2.42. The lowest BCUT2D eigenvalue weighted by molar-refractivity contribution is 0.342. The molecule has 0 saturated carbocycles. The molecule has 4 rings (SSSR count). The van der Waals surface area contributed by atoms with Crippen molar-refractivity contribution in [1.82, 2.24) is 5.16 Å². The molecule has 10 heteroatoms. The molecule has 31 heavy (non-hydrogen) atoms. The van der Waals surface area contributed by atoms with Crippen LogP contribution in [0.1, 0.15) is 0 Å². The molecule has 0 aliphatic carbocycles. The molecule has 1 heterocycles. The fourth-order valence-electron chi connectivity index (χ4n) is 3.08. The normalized spacial score (nSPS) is 12.6. The largest absolute Gasteiger partial charge is 0.604 e. The van der Waals surface area contributed by atoms with E-state index in [1.165, 1.54) is 18.2 Å². The van der Waals surface area contributed by atoms with Crippen LogP contribution in [0.15, 0.2) is 92.2 Å². The second kappa shape index (κ2) is 8.66. The Bertz CT molecular complexity index is 1360. The Morgan fingerprint density at radius 1 is 0.968 bits per heavy atom. The summed E-state index contributed by atoms with van der Waals surface area (Å²) in [5.41, 5.74) is 1.44. The average molecular weight is 493 g/mol. The van der Waals surface area contributed by atoms with E-state index in [2.05, 4.69) is 5.16 Å². The highest BCUT2D eigenvalue weighted by atomic mass is 35.5. The molecular formula is C21H14Cl2N2O4S2. The smallest absolute Gasteiger partial charge is 0.350 e. The zero-order valence-corrected chi connectivity index (χ0v) is 18.8. The van der Waals surface area contributed by atoms with Gasteiger partial charge in [-0.1, -0.05) is 76.9 Å². The molecule has 0 aliphatic heterocycles. The van der Waals surface area contributed by atoms with Crippen molar-refractivity contribution in [2.75, 3.05) is 0 Å². The van der Waals surface area contributed by atoms with E-state index in [4.69, 9.17) is 32.9 Å². The Balaban J connectivity index is 2.00. The first-order chi connectivity index (χ1) is 14.8. The summed E-state index contributed by atoms with van der Waals surface area (Å²) < 4.78 is 43.5. The molecule has 6 nitrogen and oxygen atoms in total. The van der Waals surface area contributed by atoms with Gasteiger partial charge >= 0.3 is 5.09 Å². The SMILES string of the molecule is NS(=O)(=O)c1ccccc1-c1c(-c2ccccc2)noc1[S+]([O-])c1ccc(Cl)cc1Cl. The summed E-state index contributed by atoms with van der Waals surface area (Å²) in [4.78, 5) is 0.104. The van der Waals surface area contributed by atoms with Gasteiger partial charge < -0.3 is 9.08 Å². The molecule has 0 bridgehead atoms. The van der Waals surface area contributed by atoms with Crippen LogP contribution in [0.5, 0.6) is 0 Å². The summed E-state index contributed by atoms with van der Waals surface area (Å²) in [6.45, 7) is 0. The van der Waals surface area contributed by atoms with E-state index in [9.17, 15) is 13.0 Å². The van der Waals surface area contributed by atoms with Crippen LogP contribution in [0.3, 0.4) is 0 Å². The van der Waals surface area contributed by atoms with Crippen LogP contribution >= 0.6 is 23.2 Å². The Kier molecular flexibility index (Phi) is 6.11. The van der Waals surface area contributed by atoms with E-state index < -0.39 is 21.2 Å². The minimum absolute atomic E-state index is 0.0563. The van der Waals surface area contributed by atoms with Gasteiger partial charge in [0.1, 0.15) is 11.3 Å². The summed E-state index contributed by atoms with van der Waals surface area (Å²) in [5.74, 6) is 0. The minimum atomic E-state index is -4.09. The van der Waals surface area contributed by atoms with E-state index in [0.717, 1.165) is 0 Å². The minimum Gasteiger partial charge on any atom is -0.604 e. The zero-order valence-electron chi connectivity index (χ0n) is 15.7. The van der Waals surface area contributed by atoms with Crippen molar-refractivity contribution in [3.63, 3.8) is 0 Å². The summed E-state index contributed by atoms with van der Waals surface area (Å²) in [7, 11) is -4.09. The molecule has 0 radical (unpaired) electrons. The number of rotatable bonds is 5.